The minimum absolute atomic E-state index is 0.646. The molecular weight excluding hydrogens is 192 g/mol. The maximum absolute atomic E-state index is 4.67. The van der Waals surface area contributed by atoms with Gasteiger partial charge in [0.05, 0.1) is 15.2 Å². The summed E-state index contributed by atoms with van der Waals surface area (Å²) in [7, 11) is 0. The van der Waals surface area contributed by atoms with Crippen LogP contribution in [0.15, 0.2) is 24.3 Å². The number of nitrogens with one attached hydrogen (secondary N) is 1. The molecule has 1 aliphatic heterocycles. The van der Waals surface area contributed by atoms with Crippen molar-refractivity contribution < 1.29 is 0 Å². The maximum Gasteiger partial charge on any atom is 0.0982 e. The van der Waals surface area contributed by atoms with Crippen molar-refractivity contribution in [3.8, 4) is 0 Å². The molecule has 0 bridgehead atoms. The van der Waals surface area contributed by atoms with Crippen molar-refractivity contribution in [1.29, 1.82) is 0 Å². The zero-order valence-corrected chi connectivity index (χ0v) is 8.68. The predicted molar refractivity (Wildman–Crippen MR) is 59.8 cm³/mol. The molecule has 2 nitrogen and oxygen atoms in total. The van der Waals surface area contributed by atoms with Crippen LogP contribution in [0.1, 0.15) is 17.3 Å². The van der Waals surface area contributed by atoms with Crippen molar-refractivity contribution in [2.24, 2.45) is 0 Å². The van der Waals surface area contributed by atoms with E-state index in [9.17, 15) is 0 Å². The number of rotatable bonds is 1. The lowest BCUT2D eigenvalue weighted by Crippen LogP contribution is -2.07. The number of para-hydroxylation sites is 1. The molecule has 1 saturated heterocycles. The van der Waals surface area contributed by atoms with E-state index in [0.717, 1.165) is 18.6 Å². The fourth-order valence-electron chi connectivity index (χ4n) is 1.93. The molecule has 72 valence electrons. The summed E-state index contributed by atoms with van der Waals surface area (Å²) in [6.07, 6.45) is 1.24. The molecule has 1 atom stereocenters. The normalized spacial score (nSPS) is 21.9. The molecule has 1 aliphatic rings. The van der Waals surface area contributed by atoms with Gasteiger partial charge in [0.15, 0.2) is 0 Å². The molecular formula is C11H12N2S. The topological polar surface area (TPSA) is 24.9 Å². The number of thiazole rings is 1. The monoisotopic (exact) mass is 204 g/mol. The molecule has 0 radical (unpaired) electrons. The van der Waals surface area contributed by atoms with E-state index in [0.29, 0.717) is 5.92 Å². The van der Waals surface area contributed by atoms with Crippen LogP contribution in [-0.4, -0.2) is 18.1 Å². The Bertz CT molecular complexity index is 410. The van der Waals surface area contributed by atoms with Crippen LogP contribution < -0.4 is 5.32 Å². The van der Waals surface area contributed by atoms with E-state index in [1.807, 2.05) is 11.3 Å². The highest BCUT2D eigenvalue weighted by molar-refractivity contribution is 7.18. The third-order valence-corrected chi connectivity index (χ3v) is 3.92. The number of nitrogens with zero attached hydrogens (tertiary/aromatic N) is 1. The molecule has 0 unspecified atom stereocenters. The van der Waals surface area contributed by atoms with Gasteiger partial charge in [0.1, 0.15) is 0 Å². The first-order valence-electron chi connectivity index (χ1n) is 5.00. The molecule has 0 aliphatic carbocycles. The van der Waals surface area contributed by atoms with Crippen LogP contribution in [0.25, 0.3) is 10.2 Å². The van der Waals surface area contributed by atoms with E-state index >= 15 is 0 Å². The Kier molecular flexibility index (Phi) is 2.00. The van der Waals surface area contributed by atoms with Crippen molar-refractivity contribution in [3.63, 3.8) is 0 Å². The zero-order valence-electron chi connectivity index (χ0n) is 7.86. The highest BCUT2D eigenvalue weighted by Gasteiger charge is 2.19. The van der Waals surface area contributed by atoms with Gasteiger partial charge < -0.3 is 5.32 Å². The second-order valence-electron chi connectivity index (χ2n) is 3.71. The smallest absolute Gasteiger partial charge is 0.0982 e. The van der Waals surface area contributed by atoms with Crippen LogP contribution in [-0.2, 0) is 0 Å². The largest absolute Gasteiger partial charge is 0.316 e. The highest BCUT2D eigenvalue weighted by atomic mass is 32.1. The van der Waals surface area contributed by atoms with E-state index in [1.54, 1.807) is 0 Å². The molecule has 3 rings (SSSR count). The molecule has 1 fully saturated rings. The lowest BCUT2D eigenvalue weighted by atomic mass is 10.1. The van der Waals surface area contributed by atoms with E-state index in [4.69, 9.17) is 0 Å². The molecule has 2 heterocycles. The number of benzene rings is 1. The van der Waals surface area contributed by atoms with Gasteiger partial charge in [-0.2, -0.15) is 0 Å². The van der Waals surface area contributed by atoms with Gasteiger partial charge in [0.25, 0.3) is 0 Å². The number of hydrogen-bond acceptors (Lipinski definition) is 3. The van der Waals surface area contributed by atoms with E-state index in [1.165, 1.54) is 16.1 Å². The van der Waals surface area contributed by atoms with Crippen LogP contribution in [0.5, 0.6) is 0 Å². The summed E-state index contributed by atoms with van der Waals surface area (Å²) < 4.78 is 1.31. The molecule has 14 heavy (non-hydrogen) atoms. The first kappa shape index (κ1) is 8.38. The Hall–Kier alpha value is -0.930. The predicted octanol–water partition coefficient (Wildman–Crippen LogP) is 2.37. The Labute approximate surface area is 87.0 Å². The van der Waals surface area contributed by atoms with Gasteiger partial charge in [-0.1, -0.05) is 12.1 Å². The highest BCUT2D eigenvalue weighted by Crippen LogP contribution is 2.30. The van der Waals surface area contributed by atoms with Crippen LogP contribution >= 0.6 is 11.3 Å². The molecule has 3 heteroatoms. The number of fused-ring (bicyclic) bond motifs is 1. The third kappa shape index (κ3) is 1.33. The minimum atomic E-state index is 0.646. The molecule has 1 aromatic heterocycles. The van der Waals surface area contributed by atoms with Gasteiger partial charge in [-0.05, 0) is 25.1 Å². The molecule has 0 saturated carbocycles. The Morgan fingerprint density at radius 3 is 3.07 bits per heavy atom. The van der Waals surface area contributed by atoms with Gasteiger partial charge in [-0.3, -0.25) is 0 Å². The average Bonchev–Trinajstić information content (AvgIpc) is 2.86. The second kappa shape index (κ2) is 3.33. The van der Waals surface area contributed by atoms with Gasteiger partial charge >= 0.3 is 0 Å². The van der Waals surface area contributed by atoms with Crippen molar-refractivity contribution >= 4 is 21.6 Å². The zero-order chi connectivity index (χ0) is 9.38. The maximum atomic E-state index is 4.67. The fourth-order valence-corrected chi connectivity index (χ4v) is 3.03. The summed E-state index contributed by atoms with van der Waals surface area (Å²) in [4.78, 5) is 4.67. The van der Waals surface area contributed by atoms with Crippen molar-refractivity contribution in [2.75, 3.05) is 13.1 Å². The van der Waals surface area contributed by atoms with E-state index in [2.05, 4.69) is 34.6 Å². The molecule has 0 spiro atoms. The summed E-state index contributed by atoms with van der Waals surface area (Å²) in [5, 5.41) is 4.68. The van der Waals surface area contributed by atoms with E-state index < -0.39 is 0 Å². The number of hydrogen-bond donors (Lipinski definition) is 1. The minimum Gasteiger partial charge on any atom is -0.316 e. The summed E-state index contributed by atoms with van der Waals surface area (Å²) in [6, 6.07) is 8.38. The van der Waals surface area contributed by atoms with Crippen LogP contribution in [0.3, 0.4) is 0 Å². The lowest BCUT2D eigenvalue weighted by Gasteiger charge is -2.00. The second-order valence-corrected chi connectivity index (χ2v) is 4.77. The van der Waals surface area contributed by atoms with Crippen LogP contribution in [0, 0.1) is 0 Å². The van der Waals surface area contributed by atoms with Crippen molar-refractivity contribution in [1.82, 2.24) is 10.3 Å². The average molecular weight is 204 g/mol. The first-order chi connectivity index (χ1) is 6.93. The third-order valence-electron chi connectivity index (χ3n) is 2.72. The van der Waals surface area contributed by atoms with Crippen LogP contribution in [0.4, 0.5) is 0 Å². The first-order valence-corrected chi connectivity index (χ1v) is 5.81. The van der Waals surface area contributed by atoms with Gasteiger partial charge in [-0.15, -0.1) is 11.3 Å². The molecule has 1 aromatic carbocycles. The van der Waals surface area contributed by atoms with Crippen molar-refractivity contribution in [3.05, 3.63) is 29.3 Å². The van der Waals surface area contributed by atoms with Crippen molar-refractivity contribution in [2.45, 2.75) is 12.3 Å². The standard InChI is InChI=1S/C11H12N2S/c1-2-4-10-9(3-1)13-11(14-10)8-5-6-12-7-8/h1-4,8,12H,5-7H2/t8-/m0/s1. The molecule has 1 N–H and O–H groups in total. The van der Waals surface area contributed by atoms with E-state index in [-0.39, 0.29) is 0 Å². The summed E-state index contributed by atoms with van der Waals surface area (Å²) in [5.41, 5.74) is 1.15. The SMILES string of the molecule is c1ccc2sc([C@H]3CCNC3)nc2c1. The Morgan fingerprint density at radius 1 is 1.36 bits per heavy atom. The Balaban J connectivity index is 2.05. The summed E-state index contributed by atoms with van der Waals surface area (Å²) in [5.74, 6) is 0.646. The summed E-state index contributed by atoms with van der Waals surface area (Å²) >= 11 is 1.84. The van der Waals surface area contributed by atoms with Crippen LogP contribution in [0.2, 0.25) is 0 Å². The summed E-state index contributed by atoms with van der Waals surface area (Å²) in [6.45, 7) is 2.24. The van der Waals surface area contributed by atoms with Gasteiger partial charge in [0.2, 0.25) is 0 Å². The lowest BCUT2D eigenvalue weighted by molar-refractivity contribution is 0.758. The Morgan fingerprint density at radius 2 is 2.29 bits per heavy atom. The van der Waals surface area contributed by atoms with Gasteiger partial charge in [0, 0.05) is 12.5 Å². The fraction of sp³-hybridized carbons (Fsp3) is 0.364. The molecule has 2 aromatic rings. The number of aromatic nitrogens is 1. The quantitative estimate of drug-likeness (QED) is 0.771. The van der Waals surface area contributed by atoms with Gasteiger partial charge in [-0.25, -0.2) is 4.98 Å². The molecule has 0 amide bonds.